The monoisotopic (exact) mass is 325 g/mol. The molecule has 3 nitrogen and oxygen atoms in total. The predicted molar refractivity (Wildman–Crippen MR) is 83.6 cm³/mol. The van der Waals surface area contributed by atoms with Gasteiger partial charge < -0.3 is 4.90 Å². The van der Waals surface area contributed by atoms with Crippen molar-refractivity contribution < 1.29 is 0 Å². The Morgan fingerprint density at radius 2 is 1.75 bits per heavy atom. The zero-order valence-electron chi connectivity index (χ0n) is 10.8. The second kappa shape index (κ2) is 4.56. The van der Waals surface area contributed by atoms with Gasteiger partial charge in [0.05, 0.1) is 11.2 Å². The molecule has 0 saturated heterocycles. The van der Waals surface area contributed by atoms with Gasteiger partial charge >= 0.3 is 0 Å². The van der Waals surface area contributed by atoms with Crippen LogP contribution in [0.15, 0.2) is 53.3 Å². The number of benzene rings is 1. The van der Waals surface area contributed by atoms with Crippen LogP contribution in [0.5, 0.6) is 0 Å². The average Bonchev–Trinajstić information content (AvgIpc) is 2.90. The molecule has 0 radical (unpaired) electrons. The molecule has 4 heteroatoms. The Hall–Kier alpha value is -1.94. The van der Waals surface area contributed by atoms with E-state index in [1.165, 1.54) is 11.1 Å². The third-order valence-electron chi connectivity index (χ3n) is 3.70. The molecule has 2 aromatic heterocycles. The molecule has 1 aromatic carbocycles. The fraction of sp³-hybridized carbons (Fsp3) is 0.125. The minimum Gasteiger partial charge on any atom is -0.361 e. The van der Waals surface area contributed by atoms with E-state index in [1.807, 2.05) is 18.5 Å². The standard InChI is InChI=1S/C16H12BrN3/c17-13-7-14-16(19-8-13)15(5-6-18-14)20-9-11-3-1-2-4-12(11)10-20/h1-8H,9-10H2. The lowest BCUT2D eigenvalue weighted by Gasteiger charge is -2.18. The number of nitrogens with zero attached hydrogens (tertiary/aromatic N) is 3. The molecule has 0 saturated carbocycles. The maximum Gasteiger partial charge on any atom is 0.112 e. The fourth-order valence-corrected chi connectivity index (χ4v) is 3.07. The van der Waals surface area contributed by atoms with E-state index in [2.05, 4.69) is 61.1 Å². The van der Waals surface area contributed by atoms with Crippen molar-refractivity contribution in [3.63, 3.8) is 0 Å². The summed E-state index contributed by atoms with van der Waals surface area (Å²) in [6.07, 6.45) is 3.69. The second-order valence-corrected chi connectivity index (χ2v) is 5.89. The Morgan fingerprint density at radius 3 is 2.50 bits per heavy atom. The van der Waals surface area contributed by atoms with Crippen molar-refractivity contribution in [3.8, 4) is 0 Å². The molecule has 1 aliphatic rings. The zero-order chi connectivity index (χ0) is 13.5. The van der Waals surface area contributed by atoms with Gasteiger partial charge in [-0.25, -0.2) is 0 Å². The summed E-state index contributed by atoms with van der Waals surface area (Å²) in [6, 6.07) is 12.7. The van der Waals surface area contributed by atoms with Crippen LogP contribution >= 0.6 is 15.9 Å². The lowest BCUT2D eigenvalue weighted by atomic mass is 10.1. The Kier molecular flexibility index (Phi) is 2.70. The van der Waals surface area contributed by atoms with Crippen LogP contribution in [-0.4, -0.2) is 9.97 Å². The average molecular weight is 326 g/mol. The van der Waals surface area contributed by atoms with Gasteiger partial charge in [0, 0.05) is 30.0 Å². The van der Waals surface area contributed by atoms with Crippen LogP contribution in [0.1, 0.15) is 11.1 Å². The summed E-state index contributed by atoms with van der Waals surface area (Å²) in [5.74, 6) is 0. The van der Waals surface area contributed by atoms with Gasteiger partial charge in [0.25, 0.3) is 0 Å². The number of hydrogen-bond donors (Lipinski definition) is 0. The minimum absolute atomic E-state index is 0.924. The first kappa shape index (κ1) is 11.9. The SMILES string of the molecule is Brc1cnc2c(N3Cc4ccccc4C3)ccnc2c1. The van der Waals surface area contributed by atoms with Crippen molar-refractivity contribution in [1.82, 2.24) is 9.97 Å². The highest BCUT2D eigenvalue weighted by molar-refractivity contribution is 9.10. The summed E-state index contributed by atoms with van der Waals surface area (Å²) in [5, 5.41) is 0. The molecule has 4 rings (SSSR count). The van der Waals surface area contributed by atoms with Crippen LogP contribution in [-0.2, 0) is 13.1 Å². The van der Waals surface area contributed by atoms with Crippen LogP contribution in [0.2, 0.25) is 0 Å². The number of hydrogen-bond acceptors (Lipinski definition) is 3. The van der Waals surface area contributed by atoms with Crippen LogP contribution < -0.4 is 4.90 Å². The number of anilines is 1. The molecule has 0 aliphatic carbocycles. The quantitative estimate of drug-likeness (QED) is 0.679. The number of halogens is 1. The molecule has 0 unspecified atom stereocenters. The lowest BCUT2D eigenvalue weighted by Crippen LogP contribution is -2.15. The normalized spacial score (nSPS) is 13.8. The highest BCUT2D eigenvalue weighted by Crippen LogP contribution is 2.32. The molecule has 3 heterocycles. The Labute approximate surface area is 125 Å². The number of rotatable bonds is 1. The van der Waals surface area contributed by atoms with E-state index < -0.39 is 0 Å². The Morgan fingerprint density at radius 1 is 1.00 bits per heavy atom. The summed E-state index contributed by atoms with van der Waals surface area (Å²) in [4.78, 5) is 11.3. The summed E-state index contributed by atoms with van der Waals surface area (Å²) in [5.41, 5.74) is 5.83. The van der Waals surface area contributed by atoms with Crippen LogP contribution in [0.25, 0.3) is 11.0 Å². The molecule has 0 N–H and O–H groups in total. The van der Waals surface area contributed by atoms with E-state index in [0.29, 0.717) is 0 Å². The molecule has 0 spiro atoms. The van der Waals surface area contributed by atoms with Gasteiger partial charge in [-0.15, -0.1) is 0 Å². The molecule has 0 bridgehead atoms. The van der Waals surface area contributed by atoms with Crippen molar-refractivity contribution >= 4 is 32.7 Å². The van der Waals surface area contributed by atoms with Gasteiger partial charge in [-0.05, 0) is 39.2 Å². The van der Waals surface area contributed by atoms with E-state index in [-0.39, 0.29) is 0 Å². The molecule has 1 aliphatic heterocycles. The van der Waals surface area contributed by atoms with Gasteiger partial charge in [-0.1, -0.05) is 24.3 Å². The molecule has 0 atom stereocenters. The van der Waals surface area contributed by atoms with Gasteiger partial charge in [0.1, 0.15) is 5.52 Å². The number of aromatic nitrogens is 2. The van der Waals surface area contributed by atoms with E-state index in [0.717, 1.165) is 34.3 Å². The second-order valence-electron chi connectivity index (χ2n) is 4.98. The zero-order valence-corrected chi connectivity index (χ0v) is 12.3. The molecule has 98 valence electrons. The van der Waals surface area contributed by atoms with Crippen LogP contribution in [0.3, 0.4) is 0 Å². The molecule has 0 fully saturated rings. The van der Waals surface area contributed by atoms with Crippen molar-refractivity contribution in [2.24, 2.45) is 0 Å². The third-order valence-corrected chi connectivity index (χ3v) is 4.14. The summed E-state index contributed by atoms with van der Waals surface area (Å²) in [7, 11) is 0. The highest BCUT2D eigenvalue weighted by Gasteiger charge is 2.20. The molecule has 20 heavy (non-hydrogen) atoms. The van der Waals surface area contributed by atoms with Crippen molar-refractivity contribution in [3.05, 3.63) is 64.4 Å². The van der Waals surface area contributed by atoms with E-state index in [9.17, 15) is 0 Å². The van der Waals surface area contributed by atoms with Crippen LogP contribution in [0.4, 0.5) is 5.69 Å². The topological polar surface area (TPSA) is 29.0 Å². The smallest absolute Gasteiger partial charge is 0.112 e. The number of pyridine rings is 2. The van der Waals surface area contributed by atoms with Crippen LogP contribution in [0, 0.1) is 0 Å². The highest BCUT2D eigenvalue weighted by atomic mass is 79.9. The van der Waals surface area contributed by atoms with Gasteiger partial charge in [-0.2, -0.15) is 0 Å². The first-order chi connectivity index (χ1) is 9.81. The molecule has 3 aromatic rings. The third kappa shape index (κ3) is 1.88. The maximum absolute atomic E-state index is 4.54. The Balaban J connectivity index is 1.81. The van der Waals surface area contributed by atoms with E-state index in [1.54, 1.807) is 0 Å². The summed E-state index contributed by atoms with van der Waals surface area (Å²) in [6.45, 7) is 1.88. The summed E-state index contributed by atoms with van der Waals surface area (Å²) >= 11 is 3.45. The summed E-state index contributed by atoms with van der Waals surface area (Å²) < 4.78 is 0.958. The van der Waals surface area contributed by atoms with Gasteiger partial charge in [-0.3, -0.25) is 9.97 Å². The Bertz CT molecular complexity index is 776. The van der Waals surface area contributed by atoms with Gasteiger partial charge in [0.15, 0.2) is 0 Å². The molecular weight excluding hydrogens is 314 g/mol. The molecule has 0 amide bonds. The maximum atomic E-state index is 4.54. The fourth-order valence-electron chi connectivity index (χ4n) is 2.75. The van der Waals surface area contributed by atoms with Gasteiger partial charge in [0.2, 0.25) is 0 Å². The van der Waals surface area contributed by atoms with Crippen molar-refractivity contribution in [2.75, 3.05) is 4.90 Å². The minimum atomic E-state index is 0.924. The first-order valence-electron chi connectivity index (χ1n) is 6.53. The van der Waals surface area contributed by atoms with E-state index in [4.69, 9.17) is 0 Å². The molecular formula is C16H12BrN3. The first-order valence-corrected chi connectivity index (χ1v) is 7.32. The van der Waals surface area contributed by atoms with Crippen molar-refractivity contribution in [1.29, 1.82) is 0 Å². The lowest BCUT2D eigenvalue weighted by molar-refractivity contribution is 0.882. The number of fused-ring (bicyclic) bond motifs is 2. The van der Waals surface area contributed by atoms with E-state index >= 15 is 0 Å². The predicted octanol–water partition coefficient (Wildman–Crippen LogP) is 3.91. The largest absolute Gasteiger partial charge is 0.361 e. The van der Waals surface area contributed by atoms with Crippen molar-refractivity contribution in [2.45, 2.75) is 13.1 Å².